The minimum Gasteiger partial charge on any atom is -0.506 e. The van der Waals surface area contributed by atoms with Gasteiger partial charge in [-0.3, -0.25) is 10.1 Å². The summed E-state index contributed by atoms with van der Waals surface area (Å²) < 4.78 is 0. The molecule has 0 bridgehead atoms. The van der Waals surface area contributed by atoms with Gasteiger partial charge in [0.15, 0.2) is 0 Å². The molecule has 0 fully saturated rings. The predicted octanol–water partition coefficient (Wildman–Crippen LogP) is 9.21. The Bertz CT molecular complexity index is 1410. The van der Waals surface area contributed by atoms with E-state index in [1.807, 2.05) is 60.7 Å². The van der Waals surface area contributed by atoms with Crippen LogP contribution in [-0.4, -0.2) is 15.1 Å². The number of phenols is 2. The van der Waals surface area contributed by atoms with Crippen LogP contribution in [0.5, 0.6) is 11.5 Å². The van der Waals surface area contributed by atoms with E-state index in [1.165, 1.54) is 24.3 Å². The van der Waals surface area contributed by atoms with E-state index < -0.39 is 4.92 Å². The molecule has 5 aromatic carbocycles. The summed E-state index contributed by atoms with van der Waals surface area (Å²) in [5.74, 6) is 0.114. The van der Waals surface area contributed by atoms with Crippen LogP contribution in [0.1, 0.15) is 0 Å². The average Bonchev–Trinajstić information content (AvgIpc) is 2.99. The number of nitrogens with zero attached hydrogens (tertiary/aromatic N) is 5. The summed E-state index contributed by atoms with van der Waals surface area (Å²) in [7, 11) is 0. The van der Waals surface area contributed by atoms with E-state index >= 15 is 0 Å². The number of nitro benzene ring substituents is 1. The van der Waals surface area contributed by atoms with Crippen molar-refractivity contribution in [3.8, 4) is 11.5 Å². The largest absolute Gasteiger partial charge is 0.506 e. The fourth-order valence-corrected chi connectivity index (χ4v) is 2.86. The number of hydrogen-bond donors (Lipinski definition) is 2. The summed E-state index contributed by atoms with van der Waals surface area (Å²) >= 11 is 0. The Labute approximate surface area is 225 Å². The van der Waals surface area contributed by atoms with Gasteiger partial charge in [0.05, 0.1) is 16.3 Å². The van der Waals surface area contributed by atoms with Crippen LogP contribution in [0.15, 0.2) is 160 Å². The molecule has 0 atom stereocenters. The van der Waals surface area contributed by atoms with E-state index in [-0.39, 0.29) is 17.2 Å². The molecule has 0 aliphatic heterocycles. The van der Waals surface area contributed by atoms with Gasteiger partial charge in [0.2, 0.25) is 0 Å². The van der Waals surface area contributed by atoms with Gasteiger partial charge in [-0.2, -0.15) is 10.2 Å². The number of para-hydroxylation sites is 3. The van der Waals surface area contributed by atoms with Crippen LogP contribution < -0.4 is 0 Å². The van der Waals surface area contributed by atoms with E-state index in [2.05, 4.69) is 20.5 Å². The van der Waals surface area contributed by atoms with Crippen LogP contribution in [0.25, 0.3) is 0 Å². The van der Waals surface area contributed by atoms with Crippen molar-refractivity contribution in [3.05, 3.63) is 150 Å². The van der Waals surface area contributed by atoms with Gasteiger partial charge in [-0.1, -0.05) is 78.9 Å². The first kappa shape index (κ1) is 27.9. The van der Waals surface area contributed by atoms with Gasteiger partial charge < -0.3 is 10.2 Å². The molecule has 39 heavy (non-hydrogen) atoms. The number of aromatic hydroxyl groups is 2. The fourth-order valence-electron chi connectivity index (χ4n) is 2.86. The van der Waals surface area contributed by atoms with Crippen LogP contribution in [0.2, 0.25) is 0 Å². The van der Waals surface area contributed by atoms with Gasteiger partial charge in [0, 0.05) is 12.1 Å². The topological polar surface area (TPSA) is 133 Å². The zero-order valence-electron chi connectivity index (χ0n) is 20.7. The SMILES string of the molecule is O=[N+]([O-])c1ccccc1.Oc1ccccc1N=Nc1ccccc1O.c1ccc(N=Nc2ccccc2)cc1. The first-order valence-corrected chi connectivity index (χ1v) is 11.7. The molecule has 0 amide bonds. The average molecular weight is 520 g/mol. The Morgan fingerprint density at radius 2 is 0.795 bits per heavy atom. The second-order valence-electron chi connectivity index (χ2n) is 7.64. The molecule has 2 N–H and O–H groups in total. The lowest BCUT2D eigenvalue weighted by atomic mass is 10.3. The van der Waals surface area contributed by atoms with Gasteiger partial charge >= 0.3 is 0 Å². The first-order valence-electron chi connectivity index (χ1n) is 11.7. The van der Waals surface area contributed by atoms with Crippen molar-refractivity contribution in [1.29, 1.82) is 0 Å². The highest BCUT2D eigenvalue weighted by Crippen LogP contribution is 2.30. The van der Waals surface area contributed by atoms with E-state index in [0.29, 0.717) is 11.4 Å². The van der Waals surface area contributed by atoms with E-state index in [0.717, 1.165) is 11.4 Å². The molecule has 0 saturated heterocycles. The van der Waals surface area contributed by atoms with Gasteiger partial charge in [-0.15, -0.1) is 10.2 Å². The third kappa shape index (κ3) is 10.1. The summed E-state index contributed by atoms with van der Waals surface area (Å²) in [6, 6.07) is 40.6. The summed E-state index contributed by atoms with van der Waals surface area (Å²) in [4.78, 5) is 9.59. The lowest BCUT2D eigenvalue weighted by Crippen LogP contribution is -1.84. The van der Waals surface area contributed by atoms with Crippen LogP contribution >= 0.6 is 0 Å². The van der Waals surface area contributed by atoms with Crippen molar-refractivity contribution >= 4 is 28.4 Å². The molecule has 194 valence electrons. The second-order valence-corrected chi connectivity index (χ2v) is 7.64. The van der Waals surface area contributed by atoms with Crippen LogP contribution in [-0.2, 0) is 0 Å². The van der Waals surface area contributed by atoms with Gasteiger partial charge in [0.1, 0.15) is 22.9 Å². The smallest absolute Gasteiger partial charge is 0.269 e. The van der Waals surface area contributed by atoms with Crippen molar-refractivity contribution in [3.63, 3.8) is 0 Å². The molecule has 0 spiro atoms. The fraction of sp³-hybridized carbons (Fsp3) is 0. The Morgan fingerprint density at radius 3 is 1.13 bits per heavy atom. The van der Waals surface area contributed by atoms with Crippen molar-refractivity contribution in [1.82, 2.24) is 0 Å². The highest BCUT2D eigenvalue weighted by Gasteiger charge is 2.00. The lowest BCUT2D eigenvalue weighted by molar-refractivity contribution is -0.384. The number of rotatable bonds is 5. The number of benzene rings is 5. The zero-order valence-corrected chi connectivity index (χ0v) is 20.7. The number of non-ortho nitro benzene ring substituents is 1. The molecule has 5 aromatic rings. The normalized spacial score (nSPS) is 10.3. The minimum absolute atomic E-state index is 0.0571. The Hall–Kier alpha value is -5.70. The van der Waals surface area contributed by atoms with E-state index in [9.17, 15) is 20.3 Å². The van der Waals surface area contributed by atoms with Gasteiger partial charge in [0.25, 0.3) is 5.69 Å². The Balaban J connectivity index is 0.000000168. The number of nitro groups is 1. The molecular formula is C30H25N5O4. The standard InChI is InChI=1S/C12H10N2O2.C12H10N2.C6H5NO2/c15-11-7-3-1-5-9(11)13-14-10-6-2-4-8-12(10)16;1-3-7-11(8-4-1)13-14-12-9-5-2-6-10-12;8-7(9)6-4-2-1-3-5-6/h1-8,15-16H;1-10H;1-5H. The molecule has 0 aliphatic rings. The van der Waals surface area contributed by atoms with Crippen LogP contribution in [0.3, 0.4) is 0 Å². The number of phenolic OH excluding ortho intramolecular Hbond substituents is 2. The highest BCUT2D eigenvalue weighted by molar-refractivity contribution is 5.53. The maximum Gasteiger partial charge on any atom is 0.269 e. The maximum atomic E-state index is 10.0. The molecule has 0 heterocycles. The van der Waals surface area contributed by atoms with Crippen molar-refractivity contribution in [2.24, 2.45) is 20.5 Å². The van der Waals surface area contributed by atoms with Gasteiger partial charge in [-0.25, -0.2) is 0 Å². The third-order valence-corrected chi connectivity index (χ3v) is 4.79. The molecule has 0 unspecified atom stereocenters. The third-order valence-electron chi connectivity index (χ3n) is 4.79. The molecule has 5 rings (SSSR count). The molecular weight excluding hydrogens is 494 g/mol. The molecule has 9 heteroatoms. The monoisotopic (exact) mass is 519 g/mol. The summed E-state index contributed by atoms with van der Waals surface area (Å²) in [5.41, 5.74) is 2.61. The molecule has 0 saturated carbocycles. The lowest BCUT2D eigenvalue weighted by Gasteiger charge is -1.97. The summed E-state index contributed by atoms with van der Waals surface area (Å²) in [6.45, 7) is 0. The Kier molecular flexibility index (Phi) is 11.0. The maximum absolute atomic E-state index is 10.0. The zero-order chi connectivity index (χ0) is 27.7. The second kappa shape index (κ2) is 15.4. The van der Waals surface area contributed by atoms with Gasteiger partial charge in [-0.05, 0) is 48.5 Å². The summed E-state index contributed by atoms with van der Waals surface area (Å²) in [5, 5.41) is 44.8. The Morgan fingerprint density at radius 1 is 0.462 bits per heavy atom. The van der Waals surface area contributed by atoms with Crippen molar-refractivity contribution in [2.45, 2.75) is 0 Å². The highest BCUT2D eigenvalue weighted by atomic mass is 16.6. The predicted molar refractivity (Wildman–Crippen MR) is 151 cm³/mol. The summed E-state index contributed by atoms with van der Waals surface area (Å²) in [6.07, 6.45) is 0. The molecule has 9 nitrogen and oxygen atoms in total. The number of azo groups is 2. The minimum atomic E-state index is -0.417. The first-order chi connectivity index (χ1) is 19.0. The molecule has 0 radical (unpaired) electrons. The number of hydrogen-bond acceptors (Lipinski definition) is 8. The molecule has 0 aromatic heterocycles. The quantitative estimate of drug-likeness (QED) is 0.136. The van der Waals surface area contributed by atoms with Crippen LogP contribution in [0, 0.1) is 10.1 Å². The van der Waals surface area contributed by atoms with E-state index in [4.69, 9.17) is 0 Å². The van der Waals surface area contributed by atoms with Crippen molar-refractivity contribution in [2.75, 3.05) is 0 Å². The van der Waals surface area contributed by atoms with Crippen LogP contribution in [0.4, 0.5) is 28.4 Å². The van der Waals surface area contributed by atoms with E-state index in [1.54, 1.807) is 54.6 Å². The molecule has 0 aliphatic carbocycles. The van der Waals surface area contributed by atoms with Crippen molar-refractivity contribution < 1.29 is 15.1 Å².